The van der Waals surface area contributed by atoms with Gasteiger partial charge in [-0.25, -0.2) is 4.79 Å². The van der Waals surface area contributed by atoms with Crippen molar-refractivity contribution in [1.29, 1.82) is 5.26 Å². The van der Waals surface area contributed by atoms with E-state index in [-0.39, 0.29) is 17.8 Å². The molecule has 0 aliphatic heterocycles. The molecule has 0 radical (unpaired) electrons. The number of aromatic nitrogens is 1. The quantitative estimate of drug-likeness (QED) is 0.828. The summed E-state index contributed by atoms with van der Waals surface area (Å²) in [7, 11) is 0. The van der Waals surface area contributed by atoms with Crippen molar-refractivity contribution in [1.82, 2.24) is 10.3 Å². The number of hydrogen-bond acceptors (Lipinski definition) is 4. The molecule has 1 rings (SSSR count). The number of nitrogens with zero attached hydrogens (tertiary/aromatic N) is 2. The highest BCUT2D eigenvalue weighted by Gasteiger charge is 2.21. The van der Waals surface area contributed by atoms with Crippen LogP contribution in [0.1, 0.15) is 34.7 Å². The Labute approximate surface area is 104 Å². The van der Waals surface area contributed by atoms with E-state index in [1.807, 2.05) is 6.07 Å². The Morgan fingerprint density at radius 2 is 2.22 bits per heavy atom. The average molecular weight is 247 g/mol. The van der Waals surface area contributed by atoms with Crippen LogP contribution in [0.3, 0.4) is 0 Å². The summed E-state index contributed by atoms with van der Waals surface area (Å²) in [6, 6.07) is 4.78. The lowest BCUT2D eigenvalue weighted by molar-refractivity contribution is 0.0689. The third kappa shape index (κ3) is 3.28. The van der Waals surface area contributed by atoms with Gasteiger partial charge in [0.15, 0.2) is 0 Å². The van der Waals surface area contributed by atoms with Gasteiger partial charge >= 0.3 is 5.97 Å². The van der Waals surface area contributed by atoms with Crippen LogP contribution in [0.5, 0.6) is 0 Å². The van der Waals surface area contributed by atoms with E-state index in [4.69, 9.17) is 10.4 Å². The minimum Gasteiger partial charge on any atom is -0.478 e. The monoisotopic (exact) mass is 247 g/mol. The van der Waals surface area contributed by atoms with Gasteiger partial charge in [-0.1, -0.05) is 0 Å². The third-order valence-corrected chi connectivity index (χ3v) is 2.25. The highest BCUT2D eigenvalue weighted by Crippen LogP contribution is 2.11. The predicted octanol–water partition coefficient (Wildman–Crippen LogP) is 1.06. The molecular formula is C12H13N3O3. The molecule has 18 heavy (non-hydrogen) atoms. The molecule has 0 spiro atoms. The Kier molecular flexibility index (Phi) is 4.00. The zero-order valence-corrected chi connectivity index (χ0v) is 10.1. The van der Waals surface area contributed by atoms with Crippen LogP contribution in [0.25, 0.3) is 0 Å². The topological polar surface area (TPSA) is 103 Å². The zero-order valence-electron chi connectivity index (χ0n) is 10.1. The number of pyridine rings is 1. The predicted molar refractivity (Wildman–Crippen MR) is 62.9 cm³/mol. The van der Waals surface area contributed by atoms with Crippen LogP contribution in [-0.2, 0) is 0 Å². The van der Waals surface area contributed by atoms with E-state index in [0.29, 0.717) is 0 Å². The molecule has 0 atom stereocenters. The van der Waals surface area contributed by atoms with Gasteiger partial charge in [0.25, 0.3) is 5.91 Å². The zero-order chi connectivity index (χ0) is 13.8. The summed E-state index contributed by atoms with van der Waals surface area (Å²) >= 11 is 0. The van der Waals surface area contributed by atoms with Gasteiger partial charge in [-0.3, -0.25) is 9.78 Å². The maximum atomic E-state index is 11.8. The number of carboxylic acid groups (broad SMARTS) is 1. The molecular weight excluding hydrogens is 234 g/mol. The summed E-state index contributed by atoms with van der Waals surface area (Å²) in [6.45, 7) is 3.46. The molecule has 0 saturated heterocycles. The molecule has 0 aliphatic rings. The Balaban J connectivity index is 2.86. The molecule has 0 fully saturated rings. The molecule has 1 amide bonds. The van der Waals surface area contributed by atoms with E-state index < -0.39 is 17.3 Å². The van der Waals surface area contributed by atoms with Crippen LogP contribution < -0.4 is 5.32 Å². The van der Waals surface area contributed by atoms with Gasteiger partial charge in [0.1, 0.15) is 5.69 Å². The molecule has 6 heteroatoms. The standard InChI is InChI=1S/C12H13N3O3/c1-12(2,6-13)7-15-10(16)9-8(11(17)18)4-3-5-14-9/h3-5H,7H2,1-2H3,(H,15,16)(H,17,18). The van der Waals surface area contributed by atoms with Gasteiger partial charge in [-0.05, 0) is 26.0 Å². The van der Waals surface area contributed by atoms with Gasteiger partial charge in [-0.15, -0.1) is 0 Å². The maximum absolute atomic E-state index is 11.8. The van der Waals surface area contributed by atoms with Crippen LogP contribution in [0.4, 0.5) is 0 Å². The second-order valence-corrected chi connectivity index (χ2v) is 4.38. The molecule has 1 aromatic rings. The summed E-state index contributed by atoms with van der Waals surface area (Å²) in [6.07, 6.45) is 1.34. The fourth-order valence-electron chi connectivity index (χ4n) is 1.18. The van der Waals surface area contributed by atoms with E-state index in [0.717, 1.165) is 0 Å². The summed E-state index contributed by atoms with van der Waals surface area (Å²) in [5.74, 6) is -1.82. The van der Waals surface area contributed by atoms with Crippen molar-refractivity contribution in [2.45, 2.75) is 13.8 Å². The van der Waals surface area contributed by atoms with Crippen LogP contribution in [0.15, 0.2) is 18.3 Å². The summed E-state index contributed by atoms with van der Waals surface area (Å²) in [4.78, 5) is 26.4. The number of nitriles is 1. The van der Waals surface area contributed by atoms with Crippen molar-refractivity contribution in [3.63, 3.8) is 0 Å². The largest absolute Gasteiger partial charge is 0.478 e. The molecule has 0 bridgehead atoms. The lowest BCUT2D eigenvalue weighted by Crippen LogP contribution is -2.34. The molecule has 0 aliphatic carbocycles. The first kappa shape index (κ1) is 13.6. The number of carboxylic acids is 1. The second kappa shape index (κ2) is 5.27. The summed E-state index contributed by atoms with van der Waals surface area (Å²) in [5.41, 5.74) is -1.03. The summed E-state index contributed by atoms with van der Waals surface area (Å²) < 4.78 is 0. The lowest BCUT2D eigenvalue weighted by atomic mass is 9.96. The minimum atomic E-state index is -1.22. The van der Waals surface area contributed by atoms with Crippen LogP contribution in [0.2, 0.25) is 0 Å². The van der Waals surface area contributed by atoms with Crippen LogP contribution >= 0.6 is 0 Å². The molecule has 0 saturated carbocycles. The Bertz CT molecular complexity index is 518. The number of carbonyl (C=O) groups is 2. The number of carbonyl (C=O) groups excluding carboxylic acids is 1. The maximum Gasteiger partial charge on any atom is 0.338 e. The highest BCUT2D eigenvalue weighted by atomic mass is 16.4. The number of aromatic carboxylic acids is 1. The van der Waals surface area contributed by atoms with Gasteiger partial charge in [0, 0.05) is 12.7 Å². The smallest absolute Gasteiger partial charge is 0.338 e. The van der Waals surface area contributed by atoms with Gasteiger partial charge < -0.3 is 10.4 Å². The average Bonchev–Trinajstić information content (AvgIpc) is 2.36. The summed E-state index contributed by atoms with van der Waals surface area (Å²) in [5, 5.41) is 20.2. The van der Waals surface area contributed by atoms with Crippen molar-refractivity contribution >= 4 is 11.9 Å². The Morgan fingerprint density at radius 3 is 2.78 bits per heavy atom. The fourth-order valence-corrected chi connectivity index (χ4v) is 1.18. The number of amides is 1. The van der Waals surface area contributed by atoms with Crippen LogP contribution in [0, 0.1) is 16.7 Å². The van der Waals surface area contributed by atoms with E-state index in [2.05, 4.69) is 10.3 Å². The lowest BCUT2D eigenvalue weighted by Gasteiger charge is -2.15. The molecule has 1 heterocycles. The van der Waals surface area contributed by atoms with E-state index in [1.54, 1.807) is 13.8 Å². The van der Waals surface area contributed by atoms with Crippen molar-refractivity contribution in [3.05, 3.63) is 29.6 Å². The first-order valence-electron chi connectivity index (χ1n) is 5.25. The number of hydrogen-bond donors (Lipinski definition) is 2. The molecule has 1 aromatic heterocycles. The van der Waals surface area contributed by atoms with E-state index >= 15 is 0 Å². The second-order valence-electron chi connectivity index (χ2n) is 4.38. The molecule has 94 valence electrons. The van der Waals surface area contributed by atoms with Crippen molar-refractivity contribution in [2.24, 2.45) is 5.41 Å². The molecule has 0 unspecified atom stereocenters. The molecule has 6 nitrogen and oxygen atoms in total. The van der Waals surface area contributed by atoms with E-state index in [9.17, 15) is 9.59 Å². The van der Waals surface area contributed by atoms with Crippen molar-refractivity contribution in [3.8, 4) is 6.07 Å². The normalized spacial score (nSPS) is 10.5. The van der Waals surface area contributed by atoms with Gasteiger partial charge in [-0.2, -0.15) is 5.26 Å². The first-order chi connectivity index (χ1) is 8.37. The SMILES string of the molecule is CC(C)(C#N)CNC(=O)c1ncccc1C(=O)O. The highest BCUT2D eigenvalue weighted by molar-refractivity contribution is 6.03. The number of rotatable bonds is 4. The van der Waals surface area contributed by atoms with Crippen molar-refractivity contribution < 1.29 is 14.7 Å². The molecule has 2 N–H and O–H groups in total. The fraction of sp³-hybridized carbons (Fsp3) is 0.333. The Hall–Kier alpha value is -2.42. The van der Waals surface area contributed by atoms with Crippen LogP contribution in [-0.4, -0.2) is 28.5 Å². The van der Waals surface area contributed by atoms with Gasteiger partial charge in [0.05, 0.1) is 17.0 Å². The molecule has 0 aromatic carbocycles. The van der Waals surface area contributed by atoms with Crippen molar-refractivity contribution in [2.75, 3.05) is 6.54 Å². The Morgan fingerprint density at radius 1 is 1.56 bits per heavy atom. The number of nitrogens with one attached hydrogen (secondary N) is 1. The van der Waals surface area contributed by atoms with Gasteiger partial charge in [0.2, 0.25) is 0 Å². The van der Waals surface area contributed by atoms with E-state index in [1.165, 1.54) is 18.3 Å². The minimum absolute atomic E-state index is 0.123. The first-order valence-corrected chi connectivity index (χ1v) is 5.25. The third-order valence-electron chi connectivity index (χ3n) is 2.25.